The van der Waals surface area contributed by atoms with Gasteiger partial charge in [-0.25, -0.2) is 13.4 Å². The Bertz CT molecular complexity index is 1310. The van der Waals surface area contributed by atoms with Crippen molar-refractivity contribution in [2.24, 2.45) is 5.73 Å². The molecule has 0 aliphatic heterocycles. The summed E-state index contributed by atoms with van der Waals surface area (Å²) >= 11 is 0. The summed E-state index contributed by atoms with van der Waals surface area (Å²) in [6, 6.07) is 7.39. The number of nitrogens with one attached hydrogen (secondary N) is 1. The smallest absolute Gasteiger partial charge is 0.240 e. The fourth-order valence-electron chi connectivity index (χ4n) is 4.69. The first-order chi connectivity index (χ1) is 15.4. The SMILES string of the molecule is COc1cc(-c2ccc3c(c2C(C(N)=O)S(=O)(=O)c2cn[nH]c2C2CC2)CCC3)ccn1. The third-order valence-electron chi connectivity index (χ3n) is 6.34. The molecule has 3 aromatic rings. The second kappa shape index (κ2) is 7.74. The molecular formula is C23H24N4O4S. The number of carbonyl (C=O) groups excluding carboxylic acids is 1. The summed E-state index contributed by atoms with van der Waals surface area (Å²) in [5.41, 5.74) is 10.2. The number of fused-ring (bicyclic) bond motifs is 1. The van der Waals surface area contributed by atoms with Gasteiger partial charge in [0, 0.05) is 18.2 Å². The fraction of sp³-hybridized carbons (Fsp3) is 0.348. The molecule has 1 amide bonds. The van der Waals surface area contributed by atoms with E-state index < -0.39 is 21.0 Å². The van der Waals surface area contributed by atoms with Gasteiger partial charge in [0.1, 0.15) is 4.90 Å². The molecule has 32 heavy (non-hydrogen) atoms. The molecule has 3 N–H and O–H groups in total. The Morgan fingerprint density at radius 3 is 2.78 bits per heavy atom. The van der Waals surface area contributed by atoms with E-state index in [0.717, 1.165) is 42.4 Å². The lowest BCUT2D eigenvalue weighted by Gasteiger charge is -2.22. The maximum absolute atomic E-state index is 13.9. The molecule has 8 nitrogen and oxygen atoms in total. The van der Waals surface area contributed by atoms with Gasteiger partial charge in [-0.05, 0) is 66.0 Å². The van der Waals surface area contributed by atoms with Crippen LogP contribution < -0.4 is 10.5 Å². The number of primary amides is 1. The Labute approximate surface area is 186 Å². The molecule has 1 unspecified atom stereocenters. The standard InChI is InChI=1S/C23H24N4O4S/c1-31-19-11-15(9-10-25-19)17-8-7-13-3-2-4-16(13)20(17)22(23(24)28)32(29,30)18-12-26-27-21(18)14-5-6-14/h7-12,14,22H,2-6H2,1H3,(H2,24,28)(H,26,27). The number of rotatable bonds is 7. The second-order valence-corrected chi connectivity index (χ2v) is 10.4. The van der Waals surface area contributed by atoms with E-state index in [4.69, 9.17) is 10.5 Å². The van der Waals surface area contributed by atoms with E-state index in [1.165, 1.54) is 13.3 Å². The first-order valence-electron chi connectivity index (χ1n) is 10.6. The van der Waals surface area contributed by atoms with Crippen LogP contribution in [0, 0.1) is 0 Å². The average Bonchev–Trinajstić information content (AvgIpc) is 3.29. The number of methoxy groups -OCH3 is 1. The van der Waals surface area contributed by atoms with Crippen molar-refractivity contribution in [2.75, 3.05) is 7.11 Å². The minimum absolute atomic E-state index is 0.0673. The Balaban J connectivity index is 1.75. The van der Waals surface area contributed by atoms with Crippen molar-refractivity contribution >= 4 is 15.7 Å². The normalized spacial score (nSPS) is 16.5. The monoisotopic (exact) mass is 452 g/mol. The Morgan fingerprint density at radius 2 is 2.06 bits per heavy atom. The van der Waals surface area contributed by atoms with Gasteiger partial charge in [-0.15, -0.1) is 0 Å². The summed E-state index contributed by atoms with van der Waals surface area (Å²) in [5, 5.41) is 5.29. The fourth-order valence-corrected chi connectivity index (χ4v) is 6.55. The van der Waals surface area contributed by atoms with E-state index in [9.17, 15) is 13.2 Å². The lowest BCUT2D eigenvalue weighted by Crippen LogP contribution is -2.30. The van der Waals surface area contributed by atoms with Gasteiger partial charge in [0.05, 0.1) is 19.0 Å². The molecule has 1 atom stereocenters. The molecule has 1 aromatic carbocycles. The highest BCUT2D eigenvalue weighted by molar-refractivity contribution is 7.92. The van der Waals surface area contributed by atoms with Crippen molar-refractivity contribution in [3.05, 3.63) is 59.0 Å². The molecular weight excluding hydrogens is 428 g/mol. The molecule has 166 valence electrons. The van der Waals surface area contributed by atoms with Crippen LogP contribution in [-0.2, 0) is 27.5 Å². The topological polar surface area (TPSA) is 128 Å². The van der Waals surface area contributed by atoms with Crippen molar-refractivity contribution in [1.82, 2.24) is 15.2 Å². The minimum Gasteiger partial charge on any atom is -0.481 e. The summed E-state index contributed by atoms with van der Waals surface area (Å²) in [7, 11) is -2.61. The summed E-state index contributed by atoms with van der Waals surface area (Å²) in [6.45, 7) is 0. The number of H-pyrrole nitrogens is 1. The summed E-state index contributed by atoms with van der Waals surface area (Å²) < 4.78 is 33.1. The minimum atomic E-state index is -4.13. The predicted octanol–water partition coefficient (Wildman–Crippen LogP) is 2.85. The number of benzene rings is 1. The predicted molar refractivity (Wildman–Crippen MR) is 118 cm³/mol. The number of aromatic nitrogens is 3. The number of carbonyl (C=O) groups is 1. The van der Waals surface area contributed by atoms with E-state index in [-0.39, 0.29) is 10.8 Å². The number of aryl methyl sites for hydroxylation is 1. The van der Waals surface area contributed by atoms with Crippen LogP contribution in [0.25, 0.3) is 11.1 Å². The van der Waals surface area contributed by atoms with Crippen LogP contribution in [0.2, 0.25) is 0 Å². The summed E-state index contributed by atoms with van der Waals surface area (Å²) in [5.74, 6) is -0.366. The lowest BCUT2D eigenvalue weighted by atomic mass is 9.91. The van der Waals surface area contributed by atoms with Gasteiger partial charge in [-0.2, -0.15) is 5.10 Å². The van der Waals surface area contributed by atoms with Crippen molar-refractivity contribution in [3.63, 3.8) is 0 Å². The molecule has 0 saturated heterocycles. The van der Waals surface area contributed by atoms with Crippen LogP contribution in [-0.4, -0.2) is 36.6 Å². The van der Waals surface area contributed by atoms with Gasteiger partial charge in [0.2, 0.25) is 11.8 Å². The Morgan fingerprint density at radius 1 is 1.25 bits per heavy atom. The van der Waals surface area contributed by atoms with Crippen LogP contribution >= 0.6 is 0 Å². The molecule has 2 aromatic heterocycles. The first-order valence-corrected chi connectivity index (χ1v) is 12.2. The quantitative estimate of drug-likeness (QED) is 0.567. The van der Waals surface area contributed by atoms with Gasteiger partial charge in [0.15, 0.2) is 15.1 Å². The van der Waals surface area contributed by atoms with E-state index in [2.05, 4.69) is 15.2 Å². The number of hydrogen-bond donors (Lipinski definition) is 2. The van der Waals surface area contributed by atoms with Crippen LogP contribution in [0.1, 0.15) is 52.8 Å². The van der Waals surface area contributed by atoms with E-state index in [1.54, 1.807) is 18.3 Å². The van der Waals surface area contributed by atoms with Gasteiger partial charge in [0.25, 0.3) is 0 Å². The zero-order valence-corrected chi connectivity index (χ0v) is 18.5. The van der Waals surface area contributed by atoms with Crippen molar-refractivity contribution in [3.8, 4) is 17.0 Å². The van der Waals surface area contributed by atoms with Crippen molar-refractivity contribution < 1.29 is 17.9 Å². The Kier molecular flexibility index (Phi) is 5.00. The maximum Gasteiger partial charge on any atom is 0.240 e. The zero-order chi connectivity index (χ0) is 22.5. The highest BCUT2D eigenvalue weighted by Gasteiger charge is 2.42. The number of ether oxygens (including phenoxy) is 1. The Hall–Kier alpha value is -3.20. The summed E-state index contributed by atoms with van der Waals surface area (Å²) in [4.78, 5) is 17.0. The third-order valence-corrected chi connectivity index (χ3v) is 8.36. The molecule has 1 fully saturated rings. The largest absolute Gasteiger partial charge is 0.481 e. The second-order valence-electron chi connectivity index (χ2n) is 8.35. The number of amides is 1. The van der Waals surface area contributed by atoms with Crippen LogP contribution in [0.4, 0.5) is 0 Å². The average molecular weight is 453 g/mol. The van der Waals surface area contributed by atoms with Crippen molar-refractivity contribution in [1.29, 1.82) is 0 Å². The molecule has 0 radical (unpaired) electrons. The number of aromatic amines is 1. The maximum atomic E-state index is 13.9. The van der Waals surface area contributed by atoms with Crippen LogP contribution in [0.5, 0.6) is 5.88 Å². The van der Waals surface area contributed by atoms with Crippen molar-refractivity contribution in [2.45, 2.75) is 48.2 Å². The molecule has 5 rings (SSSR count). The van der Waals surface area contributed by atoms with Gasteiger partial charge in [-0.1, -0.05) is 12.1 Å². The lowest BCUT2D eigenvalue weighted by molar-refractivity contribution is -0.117. The zero-order valence-electron chi connectivity index (χ0n) is 17.7. The molecule has 1 saturated carbocycles. The molecule has 2 heterocycles. The number of nitrogens with two attached hydrogens (primary N) is 1. The first kappa shape index (κ1) is 20.7. The molecule has 0 bridgehead atoms. The highest BCUT2D eigenvalue weighted by Crippen LogP contribution is 2.46. The van der Waals surface area contributed by atoms with E-state index in [0.29, 0.717) is 29.1 Å². The van der Waals surface area contributed by atoms with Gasteiger partial charge < -0.3 is 10.5 Å². The van der Waals surface area contributed by atoms with Crippen LogP contribution in [0.15, 0.2) is 41.6 Å². The van der Waals surface area contributed by atoms with Gasteiger partial charge >= 0.3 is 0 Å². The molecule has 2 aliphatic rings. The molecule has 0 spiro atoms. The molecule has 2 aliphatic carbocycles. The molecule has 9 heteroatoms. The number of hydrogen-bond acceptors (Lipinski definition) is 6. The van der Waals surface area contributed by atoms with Gasteiger partial charge in [-0.3, -0.25) is 9.89 Å². The van der Waals surface area contributed by atoms with E-state index >= 15 is 0 Å². The number of pyridine rings is 1. The summed E-state index contributed by atoms with van der Waals surface area (Å²) in [6.07, 6.45) is 7.13. The highest BCUT2D eigenvalue weighted by atomic mass is 32.2. The number of sulfone groups is 1. The number of nitrogens with zero attached hydrogens (tertiary/aromatic N) is 2. The van der Waals surface area contributed by atoms with Crippen LogP contribution in [0.3, 0.4) is 0 Å². The van der Waals surface area contributed by atoms with E-state index in [1.807, 2.05) is 12.1 Å². The third kappa shape index (κ3) is 3.37.